The van der Waals surface area contributed by atoms with Crippen molar-refractivity contribution in [3.63, 3.8) is 0 Å². The average Bonchev–Trinajstić information content (AvgIpc) is 2.27. The van der Waals surface area contributed by atoms with Gasteiger partial charge in [0.15, 0.2) is 0 Å². The SMILES string of the molecule is O[C@@H]1CCCC[C@H]1Nc1ccc(Cl)c(F)c1. The minimum Gasteiger partial charge on any atom is -0.391 e. The van der Waals surface area contributed by atoms with Gasteiger partial charge in [0, 0.05) is 5.69 Å². The molecule has 0 amide bonds. The second kappa shape index (κ2) is 5.02. The van der Waals surface area contributed by atoms with Gasteiger partial charge in [-0.1, -0.05) is 24.4 Å². The summed E-state index contributed by atoms with van der Waals surface area (Å²) in [6.45, 7) is 0. The van der Waals surface area contributed by atoms with Gasteiger partial charge < -0.3 is 10.4 Å². The van der Waals surface area contributed by atoms with E-state index in [4.69, 9.17) is 11.6 Å². The second-order valence-electron chi connectivity index (χ2n) is 4.23. The number of benzene rings is 1. The summed E-state index contributed by atoms with van der Waals surface area (Å²) in [5.41, 5.74) is 0.674. The maximum absolute atomic E-state index is 13.2. The van der Waals surface area contributed by atoms with Gasteiger partial charge in [-0.25, -0.2) is 4.39 Å². The molecule has 2 nitrogen and oxygen atoms in total. The van der Waals surface area contributed by atoms with E-state index in [1.54, 1.807) is 6.07 Å². The quantitative estimate of drug-likeness (QED) is 0.836. The van der Waals surface area contributed by atoms with Crippen LogP contribution >= 0.6 is 11.6 Å². The van der Waals surface area contributed by atoms with Crippen LogP contribution in [-0.4, -0.2) is 17.3 Å². The van der Waals surface area contributed by atoms with Crippen molar-refractivity contribution in [2.75, 3.05) is 5.32 Å². The molecule has 16 heavy (non-hydrogen) atoms. The van der Waals surface area contributed by atoms with Crippen LogP contribution < -0.4 is 5.32 Å². The monoisotopic (exact) mass is 243 g/mol. The molecule has 0 bridgehead atoms. The van der Waals surface area contributed by atoms with Crippen molar-refractivity contribution in [1.82, 2.24) is 0 Å². The summed E-state index contributed by atoms with van der Waals surface area (Å²) in [6, 6.07) is 4.64. The lowest BCUT2D eigenvalue weighted by molar-refractivity contribution is 0.116. The third-order valence-electron chi connectivity index (χ3n) is 3.00. The lowest BCUT2D eigenvalue weighted by atomic mass is 9.92. The van der Waals surface area contributed by atoms with Crippen LogP contribution in [0.5, 0.6) is 0 Å². The molecule has 1 saturated carbocycles. The first kappa shape index (κ1) is 11.7. The third-order valence-corrected chi connectivity index (χ3v) is 3.31. The van der Waals surface area contributed by atoms with E-state index in [9.17, 15) is 9.50 Å². The van der Waals surface area contributed by atoms with Gasteiger partial charge in [0.05, 0.1) is 17.2 Å². The van der Waals surface area contributed by atoms with Crippen LogP contribution in [0.15, 0.2) is 18.2 Å². The highest BCUT2D eigenvalue weighted by molar-refractivity contribution is 6.30. The lowest BCUT2D eigenvalue weighted by Gasteiger charge is -2.29. The van der Waals surface area contributed by atoms with Crippen LogP contribution in [0, 0.1) is 5.82 Å². The first-order chi connectivity index (χ1) is 7.66. The topological polar surface area (TPSA) is 32.3 Å². The number of anilines is 1. The molecule has 1 aliphatic carbocycles. The molecule has 0 spiro atoms. The zero-order valence-electron chi connectivity index (χ0n) is 8.92. The molecule has 0 saturated heterocycles. The predicted octanol–water partition coefficient (Wildman–Crippen LogP) is 3.19. The highest BCUT2D eigenvalue weighted by atomic mass is 35.5. The molecule has 1 aliphatic rings. The number of aliphatic hydroxyl groups is 1. The number of halogens is 2. The Balaban J connectivity index is 2.05. The molecule has 4 heteroatoms. The van der Waals surface area contributed by atoms with Crippen molar-refractivity contribution in [3.05, 3.63) is 29.0 Å². The van der Waals surface area contributed by atoms with Gasteiger partial charge in [-0.05, 0) is 31.0 Å². The van der Waals surface area contributed by atoms with Gasteiger partial charge in [0.2, 0.25) is 0 Å². The van der Waals surface area contributed by atoms with Crippen LogP contribution in [0.1, 0.15) is 25.7 Å². The molecule has 2 N–H and O–H groups in total. The van der Waals surface area contributed by atoms with Crippen LogP contribution in [0.4, 0.5) is 10.1 Å². The number of nitrogens with one attached hydrogen (secondary N) is 1. The number of rotatable bonds is 2. The zero-order valence-corrected chi connectivity index (χ0v) is 9.67. The molecule has 88 valence electrons. The Hall–Kier alpha value is -0.800. The van der Waals surface area contributed by atoms with E-state index in [0.717, 1.165) is 25.7 Å². The van der Waals surface area contributed by atoms with E-state index in [-0.39, 0.29) is 17.2 Å². The van der Waals surface area contributed by atoms with Gasteiger partial charge in [0.1, 0.15) is 5.82 Å². The lowest BCUT2D eigenvalue weighted by Crippen LogP contribution is -2.36. The first-order valence-electron chi connectivity index (χ1n) is 5.56. The van der Waals surface area contributed by atoms with Crippen molar-refractivity contribution in [3.8, 4) is 0 Å². The van der Waals surface area contributed by atoms with Crippen molar-refractivity contribution in [2.24, 2.45) is 0 Å². The van der Waals surface area contributed by atoms with Gasteiger partial charge >= 0.3 is 0 Å². The van der Waals surface area contributed by atoms with E-state index in [2.05, 4.69) is 5.32 Å². The van der Waals surface area contributed by atoms with Crippen molar-refractivity contribution in [2.45, 2.75) is 37.8 Å². The van der Waals surface area contributed by atoms with Gasteiger partial charge in [0.25, 0.3) is 0 Å². The maximum Gasteiger partial charge on any atom is 0.143 e. The molecule has 0 unspecified atom stereocenters. The molecule has 1 fully saturated rings. The third kappa shape index (κ3) is 2.66. The van der Waals surface area contributed by atoms with E-state index >= 15 is 0 Å². The summed E-state index contributed by atoms with van der Waals surface area (Å²) in [5.74, 6) is -0.433. The van der Waals surface area contributed by atoms with Crippen LogP contribution in [-0.2, 0) is 0 Å². The standard InChI is InChI=1S/C12H15ClFNO/c13-9-6-5-8(7-10(9)14)15-11-3-1-2-4-12(11)16/h5-7,11-12,15-16H,1-4H2/t11-,12-/m1/s1. The Morgan fingerprint density at radius 1 is 1.31 bits per heavy atom. The smallest absolute Gasteiger partial charge is 0.143 e. The van der Waals surface area contributed by atoms with Crippen molar-refractivity contribution in [1.29, 1.82) is 0 Å². The molecule has 0 heterocycles. The highest BCUT2D eigenvalue weighted by Crippen LogP contribution is 2.24. The fourth-order valence-corrected chi connectivity index (χ4v) is 2.20. The molecular weight excluding hydrogens is 229 g/mol. The van der Waals surface area contributed by atoms with Gasteiger partial charge in [-0.15, -0.1) is 0 Å². The minimum absolute atomic E-state index is 0.0225. The Morgan fingerprint density at radius 2 is 2.06 bits per heavy atom. The molecule has 2 atom stereocenters. The zero-order chi connectivity index (χ0) is 11.5. The summed E-state index contributed by atoms with van der Waals surface area (Å²) in [7, 11) is 0. The number of hydrogen-bond acceptors (Lipinski definition) is 2. The minimum atomic E-state index is -0.433. The summed E-state index contributed by atoms with van der Waals surface area (Å²) in [4.78, 5) is 0. The summed E-state index contributed by atoms with van der Waals surface area (Å²) >= 11 is 5.60. The van der Waals surface area contributed by atoms with Gasteiger partial charge in [-0.2, -0.15) is 0 Å². The molecule has 0 aliphatic heterocycles. The van der Waals surface area contributed by atoms with E-state index in [0.29, 0.717) is 5.69 Å². The van der Waals surface area contributed by atoms with Crippen molar-refractivity contribution >= 4 is 17.3 Å². The normalized spacial score (nSPS) is 25.4. The summed E-state index contributed by atoms with van der Waals surface area (Å²) in [6.07, 6.45) is 3.56. The predicted molar refractivity (Wildman–Crippen MR) is 63.3 cm³/mol. The van der Waals surface area contributed by atoms with Crippen molar-refractivity contribution < 1.29 is 9.50 Å². The number of aliphatic hydroxyl groups excluding tert-OH is 1. The van der Waals surface area contributed by atoms with Gasteiger partial charge in [-0.3, -0.25) is 0 Å². The van der Waals surface area contributed by atoms with Crippen LogP contribution in [0.3, 0.4) is 0 Å². The fourth-order valence-electron chi connectivity index (χ4n) is 2.08. The maximum atomic E-state index is 13.2. The molecular formula is C12H15ClFNO. The molecule has 1 aromatic carbocycles. The van der Waals surface area contributed by atoms with Crippen LogP contribution in [0.2, 0.25) is 5.02 Å². The highest BCUT2D eigenvalue weighted by Gasteiger charge is 2.22. The van der Waals surface area contributed by atoms with E-state index in [1.807, 2.05) is 0 Å². The molecule has 1 aromatic rings. The Kier molecular flexibility index (Phi) is 3.66. The summed E-state index contributed by atoms with van der Waals surface area (Å²) < 4.78 is 13.2. The Labute approximate surface area is 99.4 Å². The first-order valence-corrected chi connectivity index (χ1v) is 5.94. The van der Waals surface area contributed by atoms with Crippen LogP contribution in [0.25, 0.3) is 0 Å². The Bertz CT molecular complexity index is 372. The largest absolute Gasteiger partial charge is 0.391 e. The van der Waals surface area contributed by atoms with E-state index < -0.39 is 5.82 Å². The second-order valence-corrected chi connectivity index (χ2v) is 4.64. The van der Waals surface area contributed by atoms with E-state index in [1.165, 1.54) is 12.1 Å². The summed E-state index contributed by atoms with van der Waals surface area (Å²) in [5, 5.41) is 13.0. The molecule has 2 rings (SSSR count). The molecule has 0 radical (unpaired) electrons. The average molecular weight is 244 g/mol. The number of hydrogen-bond donors (Lipinski definition) is 2. The fraction of sp³-hybridized carbons (Fsp3) is 0.500. The Morgan fingerprint density at radius 3 is 2.75 bits per heavy atom. The molecule has 0 aromatic heterocycles.